The number of rotatable bonds is 5. The van der Waals surface area contributed by atoms with Crippen LogP contribution < -0.4 is 0 Å². The van der Waals surface area contributed by atoms with Crippen LogP contribution in [0.5, 0.6) is 0 Å². The van der Waals surface area contributed by atoms with Gasteiger partial charge >= 0.3 is 0 Å². The number of thiophene rings is 2. The number of sulfone groups is 2. The van der Waals surface area contributed by atoms with Gasteiger partial charge < -0.3 is 0 Å². The summed E-state index contributed by atoms with van der Waals surface area (Å²) < 4.78 is 55.6. The Balaban J connectivity index is 1.60. The van der Waals surface area contributed by atoms with Crippen molar-refractivity contribution >= 4 is 68.3 Å². The van der Waals surface area contributed by atoms with Gasteiger partial charge in [0.25, 0.3) is 0 Å². The van der Waals surface area contributed by atoms with Crippen LogP contribution in [0, 0.1) is 0 Å². The van der Waals surface area contributed by atoms with E-state index in [4.69, 9.17) is 0 Å². The molecule has 0 saturated heterocycles. The summed E-state index contributed by atoms with van der Waals surface area (Å²) >= 11 is 2.88. The summed E-state index contributed by atoms with van der Waals surface area (Å²) in [6.07, 6.45) is 7.14. The minimum Gasteiger partial charge on any atom is -0.219 e. The molecule has 2 aromatic rings. The second kappa shape index (κ2) is 9.10. The van der Waals surface area contributed by atoms with E-state index in [0.717, 1.165) is 19.5 Å². The largest absolute Gasteiger partial charge is 0.219 e. The van der Waals surface area contributed by atoms with Gasteiger partial charge in [-0.3, -0.25) is 0 Å². The Morgan fingerprint density at radius 3 is 1.11 bits per heavy atom. The van der Waals surface area contributed by atoms with Crippen LogP contribution in [0.4, 0.5) is 0 Å². The van der Waals surface area contributed by atoms with Crippen molar-refractivity contribution in [3.8, 4) is 9.75 Å². The Bertz CT molecular complexity index is 1520. The lowest BCUT2D eigenvalue weighted by Crippen LogP contribution is -2.41. The molecule has 0 fully saturated rings. The van der Waals surface area contributed by atoms with Crippen molar-refractivity contribution in [1.29, 1.82) is 0 Å². The molecule has 4 rings (SSSR count). The molecule has 0 N–H and O–H groups in total. The van der Waals surface area contributed by atoms with Crippen molar-refractivity contribution < 1.29 is 16.8 Å². The lowest BCUT2D eigenvalue weighted by Gasteiger charge is -2.37. The quantitative estimate of drug-likeness (QED) is 0.312. The summed E-state index contributed by atoms with van der Waals surface area (Å²) in [6.45, 7) is 21.2. The first-order valence-corrected chi connectivity index (χ1v) is 23.3. The first-order valence-electron chi connectivity index (χ1n) is 12.7. The van der Waals surface area contributed by atoms with E-state index in [1.165, 1.54) is 22.7 Å². The van der Waals surface area contributed by atoms with Gasteiger partial charge in [0, 0.05) is 28.6 Å². The first kappa shape index (κ1) is 29.7. The van der Waals surface area contributed by atoms with E-state index in [1.54, 1.807) is 12.2 Å². The van der Waals surface area contributed by atoms with Crippen LogP contribution in [0.3, 0.4) is 0 Å². The first-order chi connectivity index (χ1) is 17.1. The van der Waals surface area contributed by atoms with Gasteiger partial charge in [0.2, 0.25) is 0 Å². The maximum absolute atomic E-state index is 13.6. The minimum absolute atomic E-state index is 0.0856. The molecule has 0 atom stereocenters. The molecule has 206 valence electrons. The SMILES string of the molecule is CC(C)(C)[Si](C)(C)C1=CC=C(c2ccc(-c3ccc(C4=CC=C([Si](C)(C)C(C)(C)C)S4(=O)=O)s3)s2)S1(=O)=O. The number of allylic oxidation sites excluding steroid dienone is 4. The van der Waals surface area contributed by atoms with E-state index in [0.29, 0.717) is 18.9 Å². The maximum atomic E-state index is 13.6. The van der Waals surface area contributed by atoms with Crippen molar-refractivity contribution in [2.45, 2.75) is 77.8 Å². The Kier molecular flexibility index (Phi) is 7.11. The molecule has 38 heavy (non-hydrogen) atoms. The summed E-state index contributed by atoms with van der Waals surface area (Å²) in [5.41, 5.74) is 0. The highest BCUT2D eigenvalue weighted by atomic mass is 32.2. The molecule has 4 nitrogen and oxygen atoms in total. The minimum atomic E-state index is -3.54. The van der Waals surface area contributed by atoms with Gasteiger partial charge in [-0.05, 0) is 46.5 Å². The van der Waals surface area contributed by atoms with Crippen LogP contribution in [0.1, 0.15) is 51.3 Å². The summed E-state index contributed by atoms with van der Waals surface area (Å²) in [5, 5.41) is -0.171. The van der Waals surface area contributed by atoms with Crippen LogP contribution in [0.15, 0.2) is 57.6 Å². The van der Waals surface area contributed by atoms with Crippen molar-refractivity contribution in [2.75, 3.05) is 0 Å². The molecule has 0 radical (unpaired) electrons. The molecule has 2 aliphatic rings. The highest BCUT2D eigenvalue weighted by Gasteiger charge is 2.48. The van der Waals surface area contributed by atoms with Gasteiger partial charge in [-0.25, -0.2) is 16.8 Å². The Hall–Kier alpha value is -1.31. The zero-order chi connectivity index (χ0) is 28.7. The monoisotopic (exact) mass is 622 g/mol. The molecule has 0 bridgehead atoms. The maximum Gasteiger partial charge on any atom is 0.200 e. The van der Waals surface area contributed by atoms with E-state index in [-0.39, 0.29) is 10.1 Å². The molecule has 2 aliphatic heterocycles. The third-order valence-electron chi connectivity index (χ3n) is 8.85. The van der Waals surface area contributed by atoms with E-state index >= 15 is 0 Å². The molecule has 10 heteroatoms. The number of hydrogen-bond donors (Lipinski definition) is 0. The lowest BCUT2D eigenvalue weighted by atomic mass is 10.2. The van der Waals surface area contributed by atoms with Gasteiger partial charge in [0.1, 0.15) is 16.1 Å². The van der Waals surface area contributed by atoms with Crippen LogP contribution in [-0.2, 0) is 19.7 Å². The number of hydrogen-bond acceptors (Lipinski definition) is 6. The molecular weight excluding hydrogens is 585 g/mol. The van der Waals surface area contributed by atoms with E-state index in [2.05, 4.69) is 67.7 Å². The molecule has 0 aromatic carbocycles. The summed E-state index contributed by atoms with van der Waals surface area (Å²) in [4.78, 5) is 4.04. The Morgan fingerprint density at radius 2 is 0.816 bits per heavy atom. The topological polar surface area (TPSA) is 68.3 Å². The molecule has 4 heterocycles. The van der Waals surface area contributed by atoms with Crippen molar-refractivity contribution in [3.63, 3.8) is 0 Å². The van der Waals surface area contributed by atoms with Crippen LogP contribution >= 0.6 is 22.7 Å². The fourth-order valence-corrected chi connectivity index (χ4v) is 19.7. The van der Waals surface area contributed by atoms with Crippen molar-refractivity contribution in [2.24, 2.45) is 0 Å². The third kappa shape index (κ3) is 4.58. The molecule has 0 unspecified atom stereocenters. The van der Waals surface area contributed by atoms with Gasteiger partial charge in [0.05, 0.1) is 9.81 Å². The molecule has 0 saturated carbocycles. The highest BCUT2D eigenvalue weighted by Crippen LogP contribution is 2.50. The molecule has 0 aliphatic carbocycles. The summed E-state index contributed by atoms with van der Waals surface area (Å²) in [7, 11) is -11.5. The Morgan fingerprint density at radius 1 is 0.526 bits per heavy atom. The molecule has 0 amide bonds. The summed E-state index contributed by atoms with van der Waals surface area (Å²) in [6, 6.07) is 7.61. The second-order valence-electron chi connectivity index (χ2n) is 13.2. The third-order valence-corrected chi connectivity index (χ3v) is 29.8. The predicted octanol–water partition coefficient (Wildman–Crippen LogP) is 8.88. The predicted molar refractivity (Wildman–Crippen MR) is 172 cm³/mol. The summed E-state index contributed by atoms with van der Waals surface area (Å²) in [5.74, 6) is 0. The van der Waals surface area contributed by atoms with Gasteiger partial charge in [-0.15, -0.1) is 22.7 Å². The molecule has 0 spiro atoms. The fourth-order valence-electron chi connectivity index (χ4n) is 4.36. The highest BCUT2D eigenvalue weighted by molar-refractivity contribution is 8.07. The van der Waals surface area contributed by atoms with E-state index < -0.39 is 35.8 Å². The normalized spacial score (nSPS) is 19.7. The molecular formula is C28H38O4S4Si2. The van der Waals surface area contributed by atoms with Crippen LogP contribution in [-0.4, -0.2) is 33.0 Å². The average molecular weight is 623 g/mol. The second-order valence-corrected chi connectivity index (χ2v) is 30.5. The van der Waals surface area contributed by atoms with Crippen LogP contribution in [0.25, 0.3) is 19.6 Å². The van der Waals surface area contributed by atoms with Gasteiger partial charge in [0.15, 0.2) is 19.7 Å². The Labute approximate surface area is 238 Å². The van der Waals surface area contributed by atoms with Crippen LogP contribution in [0.2, 0.25) is 36.3 Å². The molecule has 2 aromatic heterocycles. The smallest absolute Gasteiger partial charge is 0.200 e. The van der Waals surface area contributed by atoms with Gasteiger partial charge in [-0.1, -0.05) is 79.9 Å². The van der Waals surface area contributed by atoms with E-state index in [1.807, 2.05) is 36.4 Å². The van der Waals surface area contributed by atoms with Crippen molar-refractivity contribution in [1.82, 2.24) is 0 Å². The van der Waals surface area contributed by atoms with E-state index in [9.17, 15) is 16.8 Å². The lowest BCUT2D eigenvalue weighted by molar-refractivity contribution is 0.610. The van der Waals surface area contributed by atoms with Crippen molar-refractivity contribution in [3.05, 3.63) is 67.4 Å². The zero-order valence-corrected chi connectivity index (χ0v) is 29.2. The standard InChI is InChI=1S/C28H38O4S4Si2/c1-27(2,3)37(7,8)25-17-15-23(35(25,29)30)21-13-11-19(33-21)20-12-14-22(34-20)24-16-18-26(36(24,31)32)38(9,10)28(4,5)6/h11-18H,1-10H3. The van der Waals surface area contributed by atoms with Gasteiger partial charge in [-0.2, -0.15) is 0 Å². The average Bonchev–Trinajstić information content (AvgIpc) is 3.50. The zero-order valence-electron chi connectivity index (χ0n) is 23.9. The fraction of sp³-hybridized carbons (Fsp3) is 0.429.